The third kappa shape index (κ3) is 5.52. The fourth-order valence-corrected chi connectivity index (χ4v) is 2.27. The summed E-state index contributed by atoms with van der Waals surface area (Å²) in [6, 6.07) is 0.355. The van der Waals surface area contributed by atoms with Crippen molar-refractivity contribution in [2.75, 3.05) is 24.7 Å². The van der Waals surface area contributed by atoms with Gasteiger partial charge in [-0.25, -0.2) is 9.67 Å². The van der Waals surface area contributed by atoms with Gasteiger partial charge in [-0.2, -0.15) is 16.9 Å². The van der Waals surface area contributed by atoms with Crippen LogP contribution in [0.15, 0.2) is 6.33 Å². The molecule has 1 rings (SSSR count). The van der Waals surface area contributed by atoms with Gasteiger partial charge in [0.25, 0.3) is 0 Å². The lowest BCUT2D eigenvalue weighted by Crippen LogP contribution is -2.20. The van der Waals surface area contributed by atoms with Crippen LogP contribution in [0.3, 0.4) is 0 Å². The molecule has 0 saturated carbocycles. The van der Waals surface area contributed by atoms with Gasteiger partial charge in [-0.1, -0.05) is 0 Å². The van der Waals surface area contributed by atoms with Crippen LogP contribution in [0.2, 0.25) is 0 Å². The van der Waals surface area contributed by atoms with Gasteiger partial charge in [0.05, 0.1) is 6.54 Å². The van der Waals surface area contributed by atoms with Crippen molar-refractivity contribution in [3.63, 3.8) is 0 Å². The van der Waals surface area contributed by atoms with Crippen molar-refractivity contribution in [3.05, 3.63) is 12.2 Å². The molecule has 0 aliphatic carbocycles. The minimum atomic E-state index is 0.290. The predicted molar refractivity (Wildman–Crippen MR) is 71.1 cm³/mol. The lowest BCUT2D eigenvalue weighted by atomic mass is 10.4. The Hall–Kier alpha value is -0.590. The molecule has 2 N–H and O–H groups in total. The third-order valence-electron chi connectivity index (χ3n) is 2.29. The maximum absolute atomic E-state index is 8.63. The summed E-state index contributed by atoms with van der Waals surface area (Å²) in [7, 11) is 0. The molecule has 0 bridgehead atoms. The van der Waals surface area contributed by atoms with Gasteiger partial charge in [0.15, 0.2) is 0 Å². The molecule has 0 spiro atoms. The number of nitrogens with zero attached hydrogens (tertiary/aromatic N) is 3. The van der Waals surface area contributed by atoms with Gasteiger partial charge in [-0.05, 0) is 26.0 Å². The van der Waals surface area contributed by atoms with E-state index >= 15 is 0 Å². The first-order valence-corrected chi connectivity index (χ1v) is 7.19. The van der Waals surface area contributed by atoms with Gasteiger partial charge >= 0.3 is 0 Å². The first-order valence-electron chi connectivity index (χ1n) is 6.03. The minimum absolute atomic E-state index is 0.290. The number of aliphatic hydroxyl groups is 1. The number of hydrogen-bond donors (Lipinski definition) is 2. The molecule has 0 unspecified atom stereocenters. The van der Waals surface area contributed by atoms with E-state index in [0.29, 0.717) is 6.04 Å². The van der Waals surface area contributed by atoms with Crippen LogP contribution in [0.5, 0.6) is 0 Å². The maximum Gasteiger partial charge on any atom is 0.141 e. The standard InChI is InChI=1S/C11H22N4OS/c1-10(2)15-11(13-9-14-15)8-12-4-7-17-6-3-5-16/h9-10,12,16H,3-8H2,1-2H3. The van der Waals surface area contributed by atoms with Crippen molar-refractivity contribution in [3.8, 4) is 0 Å². The van der Waals surface area contributed by atoms with Crippen molar-refractivity contribution in [1.29, 1.82) is 0 Å². The maximum atomic E-state index is 8.63. The number of aliphatic hydroxyl groups excluding tert-OH is 1. The summed E-state index contributed by atoms with van der Waals surface area (Å²) in [5.41, 5.74) is 0. The average Bonchev–Trinajstić information content (AvgIpc) is 2.76. The summed E-state index contributed by atoms with van der Waals surface area (Å²) >= 11 is 1.86. The van der Waals surface area contributed by atoms with Crippen molar-refractivity contribution >= 4 is 11.8 Å². The molecule has 98 valence electrons. The molecule has 1 aromatic heterocycles. The van der Waals surface area contributed by atoms with Gasteiger partial charge < -0.3 is 10.4 Å². The summed E-state index contributed by atoms with van der Waals surface area (Å²) in [5, 5.41) is 16.2. The van der Waals surface area contributed by atoms with Crippen molar-refractivity contribution in [1.82, 2.24) is 20.1 Å². The highest BCUT2D eigenvalue weighted by Crippen LogP contribution is 2.05. The van der Waals surface area contributed by atoms with E-state index < -0.39 is 0 Å². The minimum Gasteiger partial charge on any atom is -0.396 e. The van der Waals surface area contributed by atoms with Gasteiger partial charge in [0, 0.05) is 24.9 Å². The Bertz CT molecular complexity index is 303. The van der Waals surface area contributed by atoms with Crippen LogP contribution < -0.4 is 5.32 Å². The van der Waals surface area contributed by atoms with Crippen LogP contribution in [-0.2, 0) is 6.54 Å². The first-order chi connectivity index (χ1) is 8.25. The lowest BCUT2D eigenvalue weighted by molar-refractivity contribution is 0.296. The fourth-order valence-electron chi connectivity index (χ4n) is 1.45. The van der Waals surface area contributed by atoms with E-state index in [1.165, 1.54) is 0 Å². The summed E-state index contributed by atoms with van der Waals surface area (Å²) in [5.74, 6) is 3.08. The van der Waals surface area contributed by atoms with E-state index in [1.807, 2.05) is 16.4 Å². The molecule has 0 atom stereocenters. The van der Waals surface area contributed by atoms with E-state index in [0.717, 1.165) is 36.8 Å². The molecule has 1 heterocycles. The Balaban J connectivity index is 2.11. The molecule has 0 fully saturated rings. The topological polar surface area (TPSA) is 63.0 Å². The quantitative estimate of drug-likeness (QED) is 0.649. The largest absolute Gasteiger partial charge is 0.396 e. The fraction of sp³-hybridized carbons (Fsp3) is 0.818. The number of nitrogens with one attached hydrogen (secondary N) is 1. The summed E-state index contributed by atoms with van der Waals surface area (Å²) in [6.07, 6.45) is 2.49. The van der Waals surface area contributed by atoms with Crippen LogP contribution >= 0.6 is 11.8 Å². The van der Waals surface area contributed by atoms with Crippen molar-refractivity contribution < 1.29 is 5.11 Å². The molecule has 0 saturated heterocycles. The molecule has 0 amide bonds. The van der Waals surface area contributed by atoms with Crippen LogP contribution in [0.4, 0.5) is 0 Å². The third-order valence-corrected chi connectivity index (χ3v) is 3.36. The lowest BCUT2D eigenvalue weighted by Gasteiger charge is -2.09. The molecule has 0 radical (unpaired) electrons. The van der Waals surface area contributed by atoms with Crippen molar-refractivity contribution in [2.45, 2.75) is 32.9 Å². The molecule has 5 nitrogen and oxygen atoms in total. The summed E-state index contributed by atoms with van der Waals surface area (Å²) < 4.78 is 1.94. The molecular weight excluding hydrogens is 236 g/mol. The number of aromatic nitrogens is 3. The second-order valence-electron chi connectivity index (χ2n) is 4.08. The number of thioether (sulfide) groups is 1. The molecule has 0 aliphatic heterocycles. The van der Waals surface area contributed by atoms with E-state index in [1.54, 1.807) is 6.33 Å². The highest BCUT2D eigenvalue weighted by Gasteiger charge is 2.06. The van der Waals surface area contributed by atoms with Crippen LogP contribution in [-0.4, -0.2) is 44.5 Å². The molecule has 6 heteroatoms. The normalized spacial score (nSPS) is 11.3. The highest BCUT2D eigenvalue weighted by atomic mass is 32.2. The average molecular weight is 258 g/mol. The van der Waals surface area contributed by atoms with Gasteiger partial charge in [-0.15, -0.1) is 0 Å². The number of rotatable bonds is 9. The Labute approximate surface area is 107 Å². The van der Waals surface area contributed by atoms with E-state index in [9.17, 15) is 0 Å². The second-order valence-corrected chi connectivity index (χ2v) is 5.31. The summed E-state index contributed by atoms with van der Waals surface area (Å²) in [6.45, 7) is 6.21. The Kier molecular flexibility index (Phi) is 7.23. The molecule has 17 heavy (non-hydrogen) atoms. The second kappa shape index (κ2) is 8.49. The van der Waals surface area contributed by atoms with E-state index in [4.69, 9.17) is 5.11 Å². The zero-order valence-electron chi connectivity index (χ0n) is 10.6. The van der Waals surface area contributed by atoms with Crippen molar-refractivity contribution in [2.24, 2.45) is 0 Å². The first kappa shape index (κ1) is 14.5. The zero-order chi connectivity index (χ0) is 12.5. The zero-order valence-corrected chi connectivity index (χ0v) is 11.4. The molecule has 0 aliphatic rings. The van der Waals surface area contributed by atoms with E-state index in [2.05, 4.69) is 29.2 Å². The molecule has 0 aromatic carbocycles. The van der Waals surface area contributed by atoms with Crippen LogP contribution in [0.1, 0.15) is 32.1 Å². The van der Waals surface area contributed by atoms with E-state index in [-0.39, 0.29) is 6.61 Å². The van der Waals surface area contributed by atoms with Gasteiger partial charge in [0.2, 0.25) is 0 Å². The predicted octanol–water partition coefficient (Wildman–Crippen LogP) is 1.06. The molecular formula is C11H22N4OS. The Morgan fingerprint density at radius 1 is 1.47 bits per heavy atom. The molecule has 1 aromatic rings. The van der Waals surface area contributed by atoms with Crippen LogP contribution in [0.25, 0.3) is 0 Å². The van der Waals surface area contributed by atoms with Gasteiger partial charge in [0.1, 0.15) is 12.2 Å². The SMILES string of the molecule is CC(C)n1ncnc1CNCCSCCCO. The Morgan fingerprint density at radius 2 is 2.29 bits per heavy atom. The van der Waals surface area contributed by atoms with Gasteiger partial charge in [-0.3, -0.25) is 0 Å². The smallest absolute Gasteiger partial charge is 0.141 e. The van der Waals surface area contributed by atoms with Crippen LogP contribution in [0, 0.1) is 0 Å². The number of hydrogen-bond acceptors (Lipinski definition) is 5. The monoisotopic (exact) mass is 258 g/mol. The summed E-state index contributed by atoms with van der Waals surface area (Å²) in [4.78, 5) is 4.23. The highest BCUT2D eigenvalue weighted by molar-refractivity contribution is 7.99. The Morgan fingerprint density at radius 3 is 3.00 bits per heavy atom.